The molecule has 1 aliphatic rings. The van der Waals surface area contributed by atoms with E-state index < -0.39 is 12.1 Å². The van der Waals surface area contributed by atoms with E-state index in [1.165, 1.54) is 0 Å². The van der Waals surface area contributed by atoms with Crippen molar-refractivity contribution in [3.8, 4) is 5.75 Å². The quantitative estimate of drug-likeness (QED) is 0.639. The topological polar surface area (TPSA) is 70.7 Å². The standard InChI is InChI=1S/C25H25N3O3/c1-31-21-13-11-20(12-14-21)26-25(30)27-22(17-18-7-3-2-4-8-18)24(29)28-16-15-19-9-5-6-10-23(19)28/h2-14,22H,15-17H2,1H3,(H2,26,27,30). The van der Waals surface area contributed by atoms with Crippen LogP contribution in [-0.2, 0) is 17.6 Å². The Kier molecular flexibility index (Phi) is 6.17. The largest absolute Gasteiger partial charge is 0.497 e. The minimum absolute atomic E-state index is 0.112. The molecule has 0 saturated carbocycles. The number of amides is 3. The highest BCUT2D eigenvalue weighted by atomic mass is 16.5. The van der Waals surface area contributed by atoms with Crippen LogP contribution in [0.2, 0.25) is 0 Å². The predicted octanol–water partition coefficient (Wildman–Crippen LogP) is 4.02. The third kappa shape index (κ3) is 4.86. The lowest BCUT2D eigenvalue weighted by Gasteiger charge is -2.25. The number of nitrogens with one attached hydrogen (secondary N) is 2. The maximum absolute atomic E-state index is 13.5. The Hall–Kier alpha value is -3.80. The Morgan fingerprint density at radius 2 is 1.68 bits per heavy atom. The molecule has 158 valence electrons. The molecule has 0 aliphatic carbocycles. The number of fused-ring (bicyclic) bond motifs is 1. The first-order valence-electron chi connectivity index (χ1n) is 10.3. The van der Waals surface area contributed by atoms with E-state index in [4.69, 9.17) is 4.74 Å². The van der Waals surface area contributed by atoms with Crippen molar-refractivity contribution in [2.75, 3.05) is 23.9 Å². The summed E-state index contributed by atoms with van der Waals surface area (Å²) in [6.07, 6.45) is 1.23. The van der Waals surface area contributed by atoms with Crippen LogP contribution in [0.5, 0.6) is 5.75 Å². The van der Waals surface area contributed by atoms with E-state index >= 15 is 0 Å². The molecule has 0 saturated heterocycles. The van der Waals surface area contributed by atoms with Gasteiger partial charge in [0.1, 0.15) is 11.8 Å². The number of hydrogen-bond donors (Lipinski definition) is 2. The monoisotopic (exact) mass is 415 g/mol. The molecule has 3 amide bonds. The zero-order chi connectivity index (χ0) is 21.6. The van der Waals surface area contributed by atoms with E-state index in [1.807, 2.05) is 54.6 Å². The molecule has 0 fully saturated rings. The average molecular weight is 415 g/mol. The number of anilines is 2. The number of urea groups is 1. The second-order valence-electron chi connectivity index (χ2n) is 7.44. The molecule has 6 heteroatoms. The highest BCUT2D eigenvalue weighted by Gasteiger charge is 2.31. The zero-order valence-electron chi connectivity index (χ0n) is 17.4. The van der Waals surface area contributed by atoms with E-state index in [0.29, 0.717) is 24.4 Å². The Balaban J connectivity index is 1.51. The molecule has 0 spiro atoms. The van der Waals surface area contributed by atoms with Gasteiger partial charge in [-0.05, 0) is 47.9 Å². The highest BCUT2D eigenvalue weighted by molar-refractivity contribution is 6.02. The van der Waals surface area contributed by atoms with Crippen molar-refractivity contribution in [3.63, 3.8) is 0 Å². The first kappa shape index (κ1) is 20.5. The number of benzene rings is 3. The number of hydrogen-bond acceptors (Lipinski definition) is 3. The van der Waals surface area contributed by atoms with Gasteiger partial charge < -0.3 is 20.3 Å². The molecule has 0 aromatic heterocycles. The van der Waals surface area contributed by atoms with E-state index in [9.17, 15) is 9.59 Å². The maximum Gasteiger partial charge on any atom is 0.319 e. The SMILES string of the molecule is COc1ccc(NC(=O)NC(Cc2ccccc2)C(=O)N2CCc3ccccc32)cc1. The smallest absolute Gasteiger partial charge is 0.319 e. The second kappa shape index (κ2) is 9.34. The van der Waals surface area contributed by atoms with Crippen LogP contribution in [0.4, 0.5) is 16.2 Å². The summed E-state index contributed by atoms with van der Waals surface area (Å²) >= 11 is 0. The summed E-state index contributed by atoms with van der Waals surface area (Å²) in [5, 5.41) is 5.68. The van der Waals surface area contributed by atoms with Crippen molar-refractivity contribution in [2.45, 2.75) is 18.9 Å². The number of ether oxygens (including phenoxy) is 1. The van der Waals surface area contributed by atoms with E-state index in [-0.39, 0.29) is 5.91 Å². The first-order chi connectivity index (χ1) is 15.1. The number of methoxy groups -OCH3 is 1. The van der Waals surface area contributed by atoms with E-state index in [1.54, 1.807) is 36.3 Å². The fraction of sp³-hybridized carbons (Fsp3) is 0.200. The summed E-state index contributed by atoms with van der Waals surface area (Å²) in [4.78, 5) is 27.9. The first-order valence-corrected chi connectivity index (χ1v) is 10.3. The lowest BCUT2D eigenvalue weighted by Crippen LogP contribution is -2.50. The van der Waals surface area contributed by atoms with Crippen molar-refractivity contribution in [1.29, 1.82) is 0 Å². The lowest BCUT2D eigenvalue weighted by molar-refractivity contribution is -0.120. The molecule has 4 rings (SSSR count). The van der Waals surface area contributed by atoms with Gasteiger partial charge in [0.2, 0.25) is 5.91 Å². The summed E-state index contributed by atoms with van der Waals surface area (Å²) in [6, 6.07) is 23.5. The van der Waals surface area contributed by atoms with E-state index in [2.05, 4.69) is 10.6 Å². The van der Waals surface area contributed by atoms with Gasteiger partial charge in [0.05, 0.1) is 7.11 Å². The Labute approximate surface area is 181 Å². The molecule has 1 aliphatic heterocycles. The number of nitrogens with zero attached hydrogens (tertiary/aromatic N) is 1. The maximum atomic E-state index is 13.5. The van der Waals surface area contributed by atoms with Crippen molar-refractivity contribution >= 4 is 23.3 Å². The van der Waals surface area contributed by atoms with Crippen LogP contribution >= 0.6 is 0 Å². The van der Waals surface area contributed by atoms with Gasteiger partial charge >= 0.3 is 6.03 Å². The minimum Gasteiger partial charge on any atom is -0.497 e. The molecular formula is C25H25N3O3. The third-order valence-electron chi connectivity index (χ3n) is 5.39. The number of carbonyl (C=O) groups excluding carboxylic acids is 2. The highest BCUT2D eigenvalue weighted by Crippen LogP contribution is 2.28. The number of carbonyl (C=O) groups is 2. The summed E-state index contributed by atoms with van der Waals surface area (Å²) in [5.74, 6) is 0.592. The molecule has 1 unspecified atom stereocenters. The fourth-order valence-corrected chi connectivity index (χ4v) is 3.80. The van der Waals surface area contributed by atoms with Gasteiger partial charge in [0.25, 0.3) is 0 Å². The molecule has 1 atom stereocenters. The van der Waals surface area contributed by atoms with Gasteiger partial charge in [-0.15, -0.1) is 0 Å². The van der Waals surface area contributed by atoms with Crippen LogP contribution in [0.1, 0.15) is 11.1 Å². The Morgan fingerprint density at radius 3 is 2.42 bits per heavy atom. The van der Waals surface area contributed by atoms with Crippen LogP contribution in [0.25, 0.3) is 0 Å². The molecule has 3 aromatic carbocycles. The molecule has 0 bridgehead atoms. The van der Waals surface area contributed by atoms with Crippen LogP contribution in [0.15, 0.2) is 78.9 Å². The predicted molar refractivity (Wildman–Crippen MR) is 122 cm³/mol. The van der Waals surface area contributed by atoms with Crippen molar-refractivity contribution < 1.29 is 14.3 Å². The van der Waals surface area contributed by atoms with Crippen molar-refractivity contribution in [3.05, 3.63) is 90.0 Å². The summed E-state index contributed by atoms with van der Waals surface area (Å²) < 4.78 is 5.14. The van der Waals surface area contributed by atoms with Gasteiger partial charge in [-0.1, -0.05) is 48.5 Å². The molecule has 0 radical (unpaired) electrons. The van der Waals surface area contributed by atoms with Gasteiger partial charge in [-0.2, -0.15) is 0 Å². The lowest BCUT2D eigenvalue weighted by atomic mass is 10.0. The number of para-hydroxylation sites is 1. The molecule has 3 aromatic rings. The van der Waals surface area contributed by atoms with Gasteiger partial charge in [0, 0.05) is 24.3 Å². The van der Waals surface area contributed by atoms with Crippen molar-refractivity contribution in [2.24, 2.45) is 0 Å². The van der Waals surface area contributed by atoms with Gasteiger partial charge in [-0.25, -0.2) is 4.79 Å². The Morgan fingerprint density at radius 1 is 0.968 bits per heavy atom. The molecule has 1 heterocycles. The third-order valence-corrected chi connectivity index (χ3v) is 5.39. The van der Waals surface area contributed by atoms with Crippen LogP contribution in [0, 0.1) is 0 Å². The average Bonchev–Trinajstić information content (AvgIpc) is 3.23. The summed E-state index contributed by atoms with van der Waals surface area (Å²) in [5.41, 5.74) is 3.67. The van der Waals surface area contributed by atoms with Gasteiger partial charge in [0.15, 0.2) is 0 Å². The molecular weight excluding hydrogens is 390 g/mol. The molecule has 2 N–H and O–H groups in total. The van der Waals surface area contributed by atoms with Gasteiger partial charge in [-0.3, -0.25) is 4.79 Å². The molecule has 6 nitrogen and oxygen atoms in total. The van der Waals surface area contributed by atoms with Crippen molar-refractivity contribution in [1.82, 2.24) is 5.32 Å². The summed E-state index contributed by atoms with van der Waals surface area (Å²) in [7, 11) is 1.59. The van der Waals surface area contributed by atoms with Crippen LogP contribution in [0.3, 0.4) is 0 Å². The van der Waals surface area contributed by atoms with Crippen LogP contribution < -0.4 is 20.3 Å². The van der Waals surface area contributed by atoms with Crippen LogP contribution in [-0.4, -0.2) is 31.6 Å². The fourth-order valence-electron chi connectivity index (χ4n) is 3.80. The Bertz CT molecular complexity index is 1050. The zero-order valence-corrected chi connectivity index (χ0v) is 17.4. The minimum atomic E-state index is -0.688. The normalized spacial score (nSPS) is 13.3. The van der Waals surface area contributed by atoms with E-state index in [0.717, 1.165) is 23.2 Å². The molecule has 31 heavy (non-hydrogen) atoms. The second-order valence-corrected chi connectivity index (χ2v) is 7.44. The number of rotatable bonds is 6. The summed E-state index contributed by atoms with van der Waals surface area (Å²) in [6.45, 7) is 0.616.